The highest BCUT2D eigenvalue weighted by Gasteiger charge is 2.31. The van der Waals surface area contributed by atoms with Gasteiger partial charge < -0.3 is 9.64 Å². The second-order valence-corrected chi connectivity index (χ2v) is 9.67. The first-order chi connectivity index (χ1) is 13.2. The maximum absolute atomic E-state index is 12.8. The van der Waals surface area contributed by atoms with E-state index in [1.807, 2.05) is 30.7 Å². The van der Waals surface area contributed by atoms with Crippen molar-refractivity contribution in [2.45, 2.75) is 39.5 Å². The summed E-state index contributed by atoms with van der Waals surface area (Å²) in [6.07, 6.45) is 0.590. The lowest BCUT2D eigenvalue weighted by atomic mass is 10.1. The number of amides is 1. The summed E-state index contributed by atoms with van der Waals surface area (Å²) in [6.45, 7) is 4.78. The van der Waals surface area contributed by atoms with Gasteiger partial charge in [-0.2, -0.15) is 5.10 Å². The van der Waals surface area contributed by atoms with Crippen LogP contribution >= 0.6 is 0 Å². The zero-order chi connectivity index (χ0) is 20.5. The van der Waals surface area contributed by atoms with E-state index in [1.54, 1.807) is 31.2 Å². The van der Waals surface area contributed by atoms with Crippen molar-refractivity contribution in [1.29, 1.82) is 0 Å². The third-order valence-corrected chi connectivity index (χ3v) is 7.03. The highest BCUT2D eigenvalue weighted by Crippen LogP contribution is 2.27. The van der Waals surface area contributed by atoms with E-state index in [4.69, 9.17) is 4.74 Å². The summed E-state index contributed by atoms with van der Waals surface area (Å²) >= 11 is 0. The molecule has 3 rings (SSSR count). The molecule has 1 saturated heterocycles. The lowest BCUT2D eigenvalue weighted by molar-refractivity contribution is 0.0784. The molecule has 0 spiro atoms. The standard InChI is InChI=1S/C20H27N3O4S/c1-14-19(15(2)23(21-14)18-9-10-28(25,26)13-18)11-22(3)20(24)17-7-5-16(6-8-17)12-27-4/h5-8,18H,9-13H2,1-4H3/t18-/m0/s1. The summed E-state index contributed by atoms with van der Waals surface area (Å²) in [5, 5.41) is 4.58. The Morgan fingerprint density at radius 3 is 2.54 bits per heavy atom. The normalized spacial score (nSPS) is 18.4. The summed E-state index contributed by atoms with van der Waals surface area (Å²) in [5.41, 5.74) is 4.36. The lowest BCUT2D eigenvalue weighted by Gasteiger charge is -2.18. The number of aromatic nitrogens is 2. The van der Waals surface area contributed by atoms with Gasteiger partial charge in [0.05, 0.1) is 29.8 Å². The molecule has 8 heteroatoms. The molecule has 1 aliphatic heterocycles. The van der Waals surface area contributed by atoms with E-state index in [0.717, 1.165) is 22.5 Å². The third-order valence-electron chi connectivity index (χ3n) is 5.28. The summed E-state index contributed by atoms with van der Waals surface area (Å²) in [6, 6.07) is 7.27. The van der Waals surface area contributed by atoms with E-state index in [9.17, 15) is 13.2 Å². The Labute approximate surface area is 166 Å². The van der Waals surface area contributed by atoms with Gasteiger partial charge in [0, 0.05) is 37.5 Å². The fraction of sp³-hybridized carbons (Fsp3) is 0.500. The van der Waals surface area contributed by atoms with Gasteiger partial charge in [0.25, 0.3) is 5.91 Å². The number of hydrogen-bond donors (Lipinski definition) is 0. The van der Waals surface area contributed by atoms with E-state index in [2.05, 4.69) is 5.10 Å². The highest BCUT2D eigenvalue weighted by atomic mass is 32.2. The van der Waals surface area contributed by atoms with Gasteiger partial charge >= 0.3 is 0 Å². The first-order valence-corrected chi connectivity index (χ1v) is 11.1. The molecule has 7 nitrogen and oxygen atoms in total. The zero-order valence-corrected chi connectivity index (χ0v) is 17.6. The molecule has 152 valence electrons. The van der Waals surface area contributed by atoms with Crippen molar-refractivity contribution in [2.75, 3.05) is 25.7 Å². The minimum Gasteiger partial charge on any atom is -0.380 e. The van der Waals surface area contributed by atoms with Crippen molar-refractivity contribution >= 4 is 15.7 Å². The average Bonchev–Trinajstić information content (AvgIpc) is 3.15. The molecule has 0 aliphatic carbocycles. The molecule has 1 aromatic carbocycles. The second kappa shape index (κ2) is 8.05. The molecule has 2 aromatic rings. The molecule has 1 fully saturated rings. The van der Waals surface area contributed by atoms with E-state index >= 15 is 0 Å². The van der Waals surface area contributed by atoms with Gasteiger partial charge in [-0.15, -0.1) is 0 Å². The fourth-order valence-corrected chi connectivity index (χ4v) is 5.38. The minimum absolute atomic E-state index is 0.0704. The largest absolute Gasteiger partial charge is 0.380 e. The number of ether oxygens (including phenoxy) is 1. The van der Waals surface area contributed by atoms with Gasteiger partial charge in [-0.1, -0.05) is 12.1 Å². The SMILES string of the molecule is COCc1ccc(C(=O)N(C)Cc2c(C)nn([C@H]3CCS(=O)(=O)C3)c2C)cc1. The van der Waals surface area contributed by atoms with Crippen LogP contribution in [0.25, 0.3) is 0 Å². The van der Waals surface area contributed by atoms with Crippen molar-refractivity contribution in [1.82, 2.24) is 14.7 Å². The fourth-order valence-electron chi connectivity index (χ4n) is 3.69. The molecule has 28 heavy (non-hydrogen) atoms. The molecule has 1 aliphatic rings. The number of carbonyl (C=O) groups is 1. The van der Waals surface area contributed by atoms with Gasteiger partial charge in [0.1, 0.15) is 0 Å². The molecule has 0 radical (unpaired) electrons. The quantitative estimate of drug-likeness (QED) is 0.736. The van der Waals surface area contributed by atoms with E-state index in [1.165, 1.54) is 0 Å². The average molecular weight is 406 g/mol. The maximum atomic E-state index is 12.8. The van der Waals surface area contributed by atoms with Gasteiger partial charge in [-0.25, -0.2) is 8.42 Å². The van der Waals surface area contributed by atoms with Crippen LogP contribution in [-0.2, 0) is 27.7 Å². The Bertz CT molecular complexity index is 964. The molecule has 0 bridgehead atoms. The third kappa shape index (κ3) is 4.28. The van der Waals surface area contributed by atoms with Crippen LogP contribution in [-0.4, -0.2) is 54.7 Å². The highest BCUT2D eigenvalue weighted by molar-refractivity contribution is 7.91. The lowest BCUT2D eigenvalue weighted by Crippen LogP contribution is -2.26. The second-order valence-electron chi connectivity index (χ2n) is 7.44. The van der Waals surface area contributed by atoms with Crippen LogP contribution in [0.1, 0.15) is 45.3 Å². The smallest absolute Gasteiger partial charge is 0.253 e. The number of carbonyl (C=O) groups excluding carboxylic acids is 1. The van der Waals surface area contributed by atoms with Crippen molar-refractivity contribution in [2.24, 2.45) is 0 Å². The van der Waals surface area contributed by atoms with Gasteiger partial charge in [0.15, 0.2) is 9.84 Å². The number of methoxy groups -OCH3 is 1. The van der Waals surface area contributed by atoms with Crippen molar-refractivity contribution < 1.29 is 17.9 Å². The summed E-state index contributed by atoms with van der Waals surface area (Å²) in [4.78, 5) is 14.4. The maximum Gasteiger partial charge on any atom is 0.253 e. The van der Waals surface area contributed by atoms with Crippen LogP contribution in [0, 0.1) is 13.8 Å². The minimum atomic E-state index is -2.98. The monoisotopic (exact) mass is 405 g/mol. The first-order valence-electron chi connectivity index (χ1n) is 9.30. The molecule has 0 unspecified atom stereocenters. The number of hydrogen-bond acceptors (Lipinski definition) is 5. The van der Waals surface area contributed by atoms with Crippen LogP contribution in [0.3, 0.4) is 0 Å². The molecule has 1 aromatic heterocycles. The molecule has 0 N–H and O–H groups in total. The van der Waals surface area contributed by atoms with Gasteiger partial charge in [-0.3, -0.25) is 9.48 Å². The van der Waals surface area contributed by atoms with Crippen LogP contribution in [0.5, 0.6) is 0 Å². The van der Waals surface area contributed by atoms with Gasteiger partial charge in [0.2, 0.25) is 0 Å². The Morgan fingerprint density at radius 1 is 1.29 bits per heavy atom. The Hall–Kier alpha value is -2.19. The number of sulfone groups is 1. The summed E-state index contributed by atoms with van der Waals surface area (Å²) in [5.74, 6) is 0.277. The van der Waals surface area contributed by atoms with E-state index < -0.39 is 9.84 Å². The Morgan fingerprint density at radius 2 is 1.96 bits per heavy atom. The molecule has 1 atom stereocenters. The van der Waals surface area contributed by atoms with Crippen LogP contribution in [0.15, 0.2) is 24.3 Å². The van der Waals surface area contributed by atoms with Crippen LogP contribution in [0.2, 0.25) is 0 Å². The van der Waals surface area contributed by atoms with Gasteiger partial charge in [-0.05, 0) is 38.0 Å². The molecular formula is C20H27N3O4S. The molecule has 1 amide bonds. The topological polar surface area (TPSA) is 81.5 Å². The summed E-state index contributed by atoms with van der Waals surface area (Å²) in [7, 11) is 0.425. The molecule has 0 saturated carbocycles. The summed E-state index contributed by atoms with van der Waals surface area (Å²) < 4.78 is 30.5. The number of aryl methyl sites for hydroxylation is 1. The van der Waals surface area contributed by atoms with E-state index in [0.29, 0.717) is 25.1 Å². The van der Waals surface area contributed by atoms with Crippen molar-refractivity contribution in [3.8, 4) is 0 Å². The van der Waals surface area contributed by atoms with E-state index in [-0.39, 0.29) is 23.5 Å². The van der Waals surface area contributed by atoms with Crippen molar-refractivity contribution in [3.63, 3.8) is 0 Å². The van der Waals surface area contributed by atoms with Crippen molar-refractivity contribution in [3.05, 3.63) is 52.3 Å². The Kier molecular flexibility index (Phi) is 5.90. The zero-order valence-electron chi connectivity index (χ0n) is 16.8. The predicted octanol–water partition coefficient (Wildman–Crippen LogP) is 2.28. The van der Waals surface area contributed by atoms with Crippen LogP contribution < -0.4 is 0 Å². The molecule has 2 heterocycles. The molecular weight excluding hydrogens is 378 g/mol. The Balaban J connectivity index is 1.75. The number of benzene rings is 1. The van der Waals surface area contributed by atoms with Crippen LogP contribution in [0.4, 0.5) is 0 Å². The number of nitrogens with zero attached hydrogens (tertiary/aromatic N) is 3. The number of rotatable bonds is 6. The predicted molar refractivity (Wildman–Crippen MR) is 107 cm³/mol. The first kappa shape index (κ1) is 20.5.